The third-order valence-corrected chi connectivity index (χ3v) is 6.08. The summed E-state index contributed by atoms with van der Waals surface area (Å²) in [5, 5.41) is -0.967. The molecule has 3 rings (SSSR count). The summed E-state index contributed by atoms with van der Waals surface area (Å²) in [6.45, 7) is 2.60. The van der Waals surface area contributed by atoms with Crippen LogP contribution in [0.15, 0.2) is 24.3 Å². The summed E-state index contributed by atoms with van der Waals surface area (Å²) in [5.41, 5.74) is 1.97. The maximum Gasteiger partial charge on any atom is 0.240 e. The van der Waals surface area contributed by atoms with Gasteiger partial charge >= 0.3 is 0 Å². The van der Waals surface area contributed by atoms with E-state index in [0.717, 1.165) is 36.0 Å². The minimum Gasteiger partial charge on any atom is -0.342 e. The Morgan fingerprint density at radius 1 is 1.30 bits per heavy atom. The van der Waals surface area contributed by atoms with E-state index in [0.29, 0.717) is 13.1 Å². The number of aromatic amines is 1. The van der Waals surface area contributed by atoms with Crippen LogP contribution in [0.25, 0.3) is 11.0 Å². The Labute approximate surface area is 135 Å². The lowest BCUT2D eigenvalue weighted by molar-refractivity contribution is -0.131. The summed E-state index contributed by atoms with van der Waals surface area (Å²) in [7, 11) is -3.34. The summed E-state index contributed by atoms with van der Waals surface area (Å²) in [6, 6.07) is 7.90. The van der Waals surface area contributed by atoms with Gasteiger partial charge in [-0.25, -0.2) is 13.4 Å². The van der Waals surface area contributed by atoms with Crippen molar-refractivity contribution in [1.82, 2.24) is 14.9 Å². The van der Waals surface area contributed by atoms with Gasteiger partial charge in [-0.05, 0) is 31.9 Å². The van der Waals surface area contributed by atoms with Gasteiger partial charge in [-0.1, -0.05) is 12.1 Å². The van der Waals surface area contributed by atoms with Gasteiger partial charge in [0, 0.05) is 25.3 Å². The number of benzene rings is 1. The molecule has 0 spiro atoms. The van der Waals surface area contributed by atoms with Crippen LogP contribution in [0.4, 0.5) is 0 Å². The molecule has 6 nitrogen and oxygen atoms in total. The zero-order valence-corrected chi connectivity index (χ0v) is 14.1. The molecule has 2 heterocycles. The number of hydrogen-bond acceptors (Lipinski definition) is 4. The number of fused-ring (bicyclic) bond motifs is 1. The van der Waals surface area contributed by atoms with Crippen LogP contribution in [0.2, 0.25) is 0 Å². The summed E-state index contributed by atoms with van der Waals surface area (Å²) < 4.78 is 23.1. The smallest absolute Gasteiger partial charge is 0.240 e. The second-order valence-corrected chi connectivity index (χ2v) is 8.58. The number of likely N-dealkylation sites (tertiary alicyclic amines) is 1. The van der Waals surface area contributed by atoms with Gasteiger partial charge in [-0.3, -0.25) is 4.79 Å². The van der Waals surface area contributed by atoms with E-state index in [-0.39, 0.29) is 11.8 Å². The van der Waals surface area contributed by atoms with Crippen LogP contribution < -0.4 is 0 Å². The second kappa shape index (κ2) is 5.96. The van der Waals surface area contributed by atoms with E-state index in [2.05, 4.69) is 9.97 Å². The van der Waals surface area contributed by atoms with Crippen LogP contribution in [0.1, 0.15) is 31.5 Å². The van der Waals surface area contributed by atoms with E-state index in [1.165, 1.54) is 6.92 Å². The van der Waals surface area contributed by atoms with Crippen molar-refractivity contribution < 1.29 is 13.2 Å². The standard InChI is InChI=1S/C16H21N3O3S/c1-11(23(2,21)22)16(20)19-9-7-12(8-10-19)15-17-13-5-3-4-6-14(13)18-15/h3-6,11-12H,7-10H2,1-2H3,(H,17,18). The van der Waals surface area contributed by atoms with Crippen molar-refractivity contribution in [2.45, 2.75) is 30.9 Å². The van der Waals surface area contributed by atoms with Gasteiger partial charge in [-0.2, -0.15) is 0 Å². The fraction of sp³-hybridized carbons (Fsp3) is 0.500. The molecule has 23 heavy (non-hydrogen) atoms. The Morgan fingerprint density at radius 3 is 2.57 bits per heavy atom. The predicted octanol–water partition coefficient (Wildman–Crippen LogP) is 1.70. The largest absolute Gasteiger partial charge is 0.342 e. The van der Waals surface area contributed by atoms with Gasteiger partial charge in [-0.15, -0.1) is 0 Å². The van der Waals surface area contributed by atoms with E-state index >= 15 is 0 Å². The number of aromatic nitrogens is 2. The monoisotopic (exact) mass is 335 g/mol. The third-order valence-electron chi connectivity index (χ3n) is 4.59. The lowest BCUT2D eigenvalue weighted by Crippen LogP contribution is -2.45. The fourth-order valence-corrected chi connectivity index (χ4v) is 3.49. The highest BCUT2D eigenvalue weighted by Gasteiger charge is 2.32. The van der Waals surface area contributed by atoms with Crippen LogP contribution in [-0.4, -0.2) is 53.8 Å². The Kier molecular flexibility index (Phi) is 4.14. The molecule has 0 bridgehead atoms. The molecule has 1 atom stereocenters. The number of hydrogen-bond donors (Lipinski definition) is 1. The quantitative estimate of drug-likeness (QED) is 0.925. The maximum atomic E-state index is 12.3. The Hall–Kier alpha value is -1.89. The summed E-state index contributed by atoms with van der Waals surface area (Å²) in [5.74, 6) is 0.935. The zero-order valence-electron chi connectivity index (χ0n) is 13.3. The van der Waals surface area contributed by atoms with Crippen LogP contribution in [0.5, 0.6) is 0 Å². The van der Waals surface area contributed by atoms with Crippen LogP contribution >= 0.6 is 0 Å². The Balaban J connectivity index is 1.67. The molecular formula is C16H21N3O3S. The Bertz CT molecular complexity index is 787. The molecule has 1 fully saturated rings. The minimum absolute atomic E-state index is 0.278. The Morgan fingerprint density at radius 2 is 1.96 bits per heavy atom. The number of nitrogens with one attached hydrogen (secondary N) is 1. The fourth-order valence-electron chi connectivity index (χ4n) is 2.98. The highest BCUT2D eigenvalue weighted by Crippen LogP contribution is 2.28. The molecule has 1 saturated heterocycles. The number of carbonyl (C=O) groups excluding carboxylic acids is 1. The van der Waals surface area contributed by atoms with Crippen LogP contribution in [-0.2, 0) is 14.6 Å². The van der Waals surface area contributed by atoms with Crippen LogP contribution in [0, 0.1) is 0 Å². The lowest BCUT2D eigenvalue weighted by Gasteiger charge is -2.32. The van der Waals surface area contributed by atoms with Crippen molar-refractivity contribution in [3.8, 4) is 0 Å². The number of sulfone groups is 1. The normalized spacial score (nSPS) is 18.3. The molecule has 7 heteroatoms. The zero-order chi connectivity index (χ0) is 16.6. The second-order valence-electron chi connectivity index (χ2n) is 6.21. The van der Waals surface area contributed by atoms with Crippen LogP contribution in [0.3, 0.4) is 0 Å². The van der Waals surface area contributed by atoms with Gasteiger partial charge in [0.15, 0.2) is 9.84 Å². The molecule has 1 aliphatic heterocycles. The molecule has 0 saturated carbocycles. The molecule has 1 aromatic heterocycles. The average Bonchev–Trinajstić information content (AvgIpc) is 2.96. The number of rotatable bonds is 3. The molecule has 2 aromatic rings. The van der Waals surface area contributed by atoms with Crippen molar-refractivity contribution in [1.29, 1.82) is 0 Å². The molecular weight excluding hydrogens is 314 g/mol. The molecule has 124 valence electrons. The first-order valence-electron chi connectivity index (χ1n) is 7.78. The first-order valence-corrected chi connectivity index (χ1v) is 9.74. The molecule has 1 amide bonds. The molecule has 1 unspecified atom stereocenters. The number of carbonyl (C=O) groups is 1. The lowest BCUT2D eigenvalue weighted by atomic mass is 9.96. The molecule has 1 aliphatic rings. The first kappa shape index (κ1) is 16.0. The number of imidazole rings is 1. The predicted molar refractivity (Wildman–Crippen MR) is 89.0 cm³/mol. The van der Waals surface area contributed by atoms with E-state index in [1.807, 2.05) is 24.3 Å². The topological polar surface area (TPSA) is 83.1 Å². The highest BCUT2D eigenvalue weighted by molar-refractivity contribution is 7.92. The number of nitrogens with zero attached hydrogens (tertiary/aromatic N) is 2. The third kappa shape index (κ3) is 3.24. The summed E-state index contributed by atoms with van der Waals surface area (Å²) >= 11 is 0. The molecule has 0 aliphatic carbocycles. The van der Waals surface area contributed by atoms with E-state index in [1.54, 1.807) is 4.90 Å². The minimum atomic E-state index is -3.34. The molecule has 1 N–H and O–H groups in total. The molecule has 0 radical (unpaired) electrons. The maximum absolute atomic E-state index is 12.3. The van der Waals surface area contributed by atoms with Gasteiger partial charge in [0.2, 0.25) is 5.91 Å². The van der Waals surface area contributed by atoms with Crippen molar-refractivity contribution in [3.63, 3.8) is 0 Å². The van der Waals surface area contributed by atoms with E-state index in [4.69, 9.17) is 0 Å². The van der Waals surface area contributed by atoms with Crippen molar-refractivity contribution in [2.75, 3.05) is 19.3 Å². The van der Waals surface area contributed by atoms with Gasteiger partial charge in [0.25, 0.3) is 0 Å². The SMILES string of the molecule is CC(C(=O)N1CCC(c2nc3ccccc3[nH]2)CC1)S(C)(=O)=O. The van der Waals surface area contributed by atoms with Crippen molar-refractivity contribution >= 4 is 26.8 Å². The number of piperidine rings is 1. The summed E-state index contributed by atoms with van der Waals surface area (Å²) in [6.07, 6.45) is 2.70. The van der Waals surface area contributed by atoms with Crippen molar-refractivity contribution in [2.24, 2.45) is 0 Å². The molecule has 1 aromatic carbocycles. The van der Waals surface area contributed by atoms with E-state index in [9.17, 15) is 13.2 Å². The average molecular weight is 335 g/mol. The summed E-state index contributed by atoms with van der Waals surface area (Å²) in [4.78, 5) is 21.9. The van der Waals surface area contributed by atoms with Gasteiger partial charge in [0.05, 0.1) is 11.0 Å². The van der Waals surface area contributed by atoms with Gasteiger partial charge < -0.3 is 9.88 Å². The number of amides is 1. The number of para-hydroxylation sites is 2. The van der Waals surface area contributed by atoms with E-state index < -0.39 is 15.1 Å². The highest BCUT2D eigenvalue weighted by atomic mass is 32.2. The first-order chi connectivity index (χ1) is 10.9. The number of H-pyrrole nitrogens is 1. The van der Waals surface area contributed by atoms with Crippen molar-refractivity contribution in [3.05, 3.63) is 30.1 Å². The van der Waals surface area contributed by atoms with Gasteiger partial charge in [0.1, 0.15) is 11.1 Å².